The Morgan fingerprint density at radius 3 is 2.37 bits per heavy atom. The standard InChI is InChI=1S/C30H25F5N4O7/c1-44-17-8-22(32)26(23(33)9-17)20-12-39(27-21(31)6-7-24(37-27)38-11-18(13-40)45-14-25(38)41)29(43)19(20)10-36-28(42)15-2-4-16(5-3-15)46-30(34)35/h2-10,18-20,30,40H,11-14H2,1H3/t18?,19?,20-/m1/s1. The molecule has 3 amide bonds. The van der Waals surface area contributed by atoms with Gasteiger partial charge >= 0.3 is 6.61 Å². The quantitative estimate of drug-likeness (QED) is 0.276. The summed E-state index contributed by atoms with van der Waals surface area (Å²) in [5.74, 6) is -9.35. The Hall–Kier alpha value is -4.96. The number of benzene rings is 2. The van der Waals surface area contributed by atoms with E-state index in [-0.39, 0.29) is 36.0 Å². The fourth-order valence-corrected chi connectivity index (χ4v) is 5.13. The predicted molar refractivity (Wildman–Crippen MR) is 151 cm³/mol. The second kappa shape index (κ2) is 13.6. The Labute approximate surface area is 257 Å². The molecule has 5 rings (SSSR count). The molecule has 3 atom stereocenters. The summed E-state index contributed by atoms with van der Waals surface area (Å²) in [5.41, 5.74) is -0.630. The lowest BCUT2D eigenvalue weighted by Gasteiger charge is -2.31. The van der Waals surface area contributed by atoms with Crippen molar-refractivity contribution >= 4 is 35.6 Å². The van der Waals surface area contributed by atoms with Gasteiger partial charge in [0, 0.05) is 41.9 Å². The number of aliphatic hydroxyl groups excluding tert-OH is 1. The lowest BCUT2D eigenvalue weighted by atomic mass is 9.88. The van der Waals surface area contributed by atoms with Crippen LogP contribution in [0.4, 0.5) is 33.6 Å². The first-order valence-electron chi connectivity index (χ1n) is 13.7. The molecule has 0 spiro atoms. The average Bonchev–Trinajstić information content (AvgIpc) is 3.34. The van der Waals surface area contributed by atoms with Gasteiger partial charge in [-0.3, -0.25) is 24.2 Å². The van der Waals surface area contributed by atoms with Gasteiger partial charge in [-0.05, 0) is 36.4 Å². The van der Waals surface area contributed by atoms with Gasteiger partial charge in [0.15, 0.2) is 11.6 Å². The molecule has 2 unspecified atom stereocenters. The highest BCUT2D eigenvalue weighted by molar-refractivity contribution is 6.09. The van der Waals surface area contributed by atoms with Gasteiger partial charge < -0.3 is 19.3 Å². The highest BCUT2D eigenvalue weighted by Crippen LogP contribution is 2.40. The van der Waals surface area contributed by atoms with Crippen LogP contribution < -0.4 is 19.3 Å². The number of anilines is 2. The van der Waals surface area contributed by atoms with Gasteiger partial charge in [0.25, 0.3) is 11.8 Å². The van der Waals surface area contributed by atoms with E-state index in [0.717, 1.165) is 58.5 Å². The minimum absolute atomic E-state index is 0.0686. The monoisotopic (exact) mass is 648 g/mol. The lowest BCUT2D eigenvalue weighted by molar-refractivity contribution is -0.130. The van der Waals surface area contributed by atoms with E-state index in [1.165, 1.54) is 13.2 Å². The maximum absolute atomic E-state index is 15.3. The van der Waals surface area contributed by atoms with E-state index in [2.05, 4.69) is 14.7 Å². The van der Waals surface area contributed by atoms with Crippen molar-refractivity contribution in [1.29, 1.82) is 0 Å². The van der Waals surface area contributed by atoms with Crippen molar-refractivity contribution < 1.29 is 55.7 Å². The van der Waals surface area contributed by atoms with Crippen LogP contribution in [0.15, 0.2) is 53.5 Å². The van der Waals surface area contributed by atoms with Crippen molar-refractivity contribution in [2.75, 3.05) is 43.2 Å². The first-order chi connectivity index (χ1) is 22.0. The zero-order chi connectivity index (χ0) is 33.1. The second-order valence-electron chi connectivity index (χ2n) is 10.2. The number of aromatic nitrogens is 1. The van der Waals surface area contributed by atoms with Crippen LogP contribution in [-0.4, -0.2) is 80.2 Å². The number of aliphatic imine (C=N–C) groups is 1. The van der Waals surface area contributed by atoms with Crippen LogP contribution in [0.1, 0.15) is 21.8 Å². The first kappa shape index (κ1) is 32.4. The van der Waals surface area contributed by atoms with Gasteiger partial charge in [-0.25, -0.2) is 23.1 Å². The molecule has 2 fully saturated rings. The minimum atomic E-state index is -3.08. The number of pyridine rings is 1. The number of hydrogen-bond acceptors (Lipinski definition) is 8. The average molecular weight is 649 g/mol. The van der Waals surface area contributed by atoms with Crippen LogP contribution in [-0.2, 0) is 14.3 Å². The van der Waals surface area contributed by atoms with Crippen molar-refractivity contribution in [2.45, 2.75) is 18.6 Å². The normalized spacial score (nSPS) is 20.2. The van der Waals surface area contributed by atoms with Crippen molar-refractivity contribution in [1.82, 2.24) is 4.98 Å². The zero-order valence-corrected chi connectivity index (χ0v) is 23.9. The topological polar surface area (TPSA) is 131 Å². The zero-order valence-electron chi connectivity index (χ0n) is 23.9. The second-order valence-corrected chi connectivity index (χ2v) is 10.2. The molecule has 46 heavy (non-hydrogen) atoms. The molecular formula is C30H25F5N4O7. The number of halogens is 5. The van der Waals surface area contributed by atoms with Gasteiger partial charge in [0.1, 0.15) is 35.6 Å². The van der Waals surface area contributed by atoms with E-state index in [0.29, 0.717) is 0 Å². The van der Waals surface area contributed by atoms with E-state index in [1.54, 1.807) is 0 Å². The summed E-state index contributed by atoms with van der Waals surface area (Å²) in [7, 11) is 1.20. The van der Waals surface area contributed by atoms with Crippen LogP contribution >= 0.6 is 0 Å². The number of hydrogen-bond donors (Lipinski definition) is 1. The van der Waals surface area contributed by atoms with Gasteiger partial charge in [-0.2, -0.15) is 8.78 Å². The van der Waals surface area contributed by atoms with E-state index in [9.17, 15) is 28.3 Å². The van der Waals surface area contributed by atoms with Gasteiger partial charge in [-0.1, -0.05) is 0 Å². The summed E-state index contributed by atoms with van der Waals surface area (Å²) in [6.07, 6.45) is 0.138. The molecule has 16 heteroatoms. The Bertz CT molecular complexity index is 1650. The number of alkyl halides is 2. The van der Waals surface area contributed by atoms with Crippen LogP contribution in [0.3, 0.4) is 0 Å². The Morgan fingerprint density at radius 2 is 1.74 bits per heavy atom. The maximum atomic E-state index is 15.3. The molecule has 11 nitrogen and oxygen atoms in total. The van der Waals surface area contributed by atoms with Gasteiger partial charge in [0.2, 0.25) is 5.91 Å². The van der Waals surface area contributed by atoms with Gasteiger partial charge in [0.05, 0.1) is 32.3 Å². The molecular weight excluding hydrogens is 623 g/mol. The summed E-state index contributed by atoms with van der Waals surface area (Å²) in [4.78, 5) is 49.0. The SMILES string of the molecule is COc1cc(F)c([C@@H]2CN(c3nc(N4CC(CO)OCC4=O)ccc3F)C(=O)C2C=NC(=O)c2ccc(OC(F)F)cc2)c(F)c1. The molecule has 2 aromatic carbocycles. The van der Waals surface area contributed by atoms with Crippen LogP contribution in [0, 0.1) is 23.4 Å². The molecule has 0 radical (unpaired) electrons. The third-order valence-electron chi connectivity index (χ3n) is 7.38. The summed E-state index contributed by atoms with van der Waals surface area (Å²) in [5, 5.41) is 9.46. The molecule has 1 N–H and O–H groups in total. The summed E-state index contributed by atoms with van der Waals surface area (Å²) >= 11 is 0. The van der Waals surface area contributed by atoms with Crippen molar-refractivity contribution in [3.63, 3.8) is 0 Å². The molecule has 0 saturated carbocycles. The highest BCUT2D eigenvalue weighted by Gasteiger charge is 2.45. The Morgan fingerprint density at radius 1 is 1.04 bits per heavy atom. The molecule has 3 heterocycles. The molecule has 1 aromatic heterocycles. The van der Waals surface area contributed by atoms with Crippen LogP contribution in [0.2, 0.25) is 0 Å². The number of methoxy groups -OCH3 is 1. The molecule has 242 valence electrons. The number of carbonyl (C=O) groups is 3. The van der Waals surface area contributed by atoms with E-state index >= 15 is 13.2 Å². The summed E-state index contributed by atoms with van der Waals surface area (Å²) in [6, 6.07) is 8.45. The van der Waals surface area contributed by atoms with Crippen LogP contribution in [0.25, 0.3) is 0 Å². The van der Waals surface area contributed by atoms with Crippen molar-refractivity contribution in [2.24, 2.45) is 10.9 Å². The maximum Gasteiger partial charge on any atom is 0.387 e. The molecule has 3 aromatic rings. The lowest BCUT2D eigenvalue weighted by Crippen LogP contribution is -2.48. The number of rotatable bonds is 9. The van der Waals surface area contributed by atoms with Gasteiger partial charge in [-0.15, -0.1) is 0 Å². The molecule has 2 aliphatic rings. The van der Waals surface area contributed by atoms with E-state index in [1.807, 2.05) is 0 Å². The van der Waals surface area contributed by atoms with Crippen molar-refractivity contribution in [3.05, 3.63) is 77.1 Å². The third-order valence-corrected chi connectivity index (χ3v) is 7.38. The number of nitrogens with zero attached hydrogens (tertiary/aromatic N) is 4. The number of morpholine rings is 1. The largest absolute Gasteiger partial charge is 0.497 e. The molecule has 2 aliphatic heterocycles. The fraction of sp³-hybridized carbons (Fsp3) is 0.300. The summed E-state index contributed by atoms with van der Waals surface area (Å²) in [6.45, 7) is -4.49. The number of amides is 3. The summed E-state index contributed by atoms with van der Waals surface area (Å²) < 4.78 is 85.1. The molecule has 2 saturated heterocycles. The Kier molecular flexibility index (Phi) is 9.57. The van der Waals surface area contributed by atoms with Crippen molar-refractivity contribution in [3.8, 4) is 11.5 Å². The van der Waals surface area contributed by atoms with E-state index < -0.39 is 84.3 Å². The number of carbonyl (C=O) groups excluding carboxylic acids is 3. The molecule has 0 bridgehead atoms. The Balaban J connectivity index is 1.50. The fourth-order valence-electron chi connectivity index (χ4n) is 5.13. The smallest absolute Gasteiger partial charge is 0.387 e. The third kappa shape index (κ3) is 6.67. The first-order valence-corrected chi connectivity index (χ1v) is 13.7. The number of aliphatic hydroxyl groups is 1. The predicted octanol–water partition coefficient (Wildman–Crippen LogP) is 3.49. The van der Waals surface area contributed by atoms with E-state index in [4.69, 9.17) is 9.47 Å². The molecule has 0 aliphatic carbocycles. The minimum Gasteiger partial charge on any atom is -0.497 e. The highest BCUT2D eigenvalue weighted by atomic mass is 19.3. The van der Waals surface area contributed by atoms with Crippen LogP contribution in [0.5, 0.6) is 11.5 Å². The number of ether oxygens (including phenoxy) is 3.